The third kappa shape index (κ3) is 10.7. The van der Waals surface area contributed by atoms with Crippen molar-refractivity contribution in [3.05, 3.63) is 64.7 Å². The molecule has 1 heterocycles. The molecule has 0 saturated carbocycles. The minimum absolute atomic E-state index is 0.0265. The second-order valence-electron chi connectivity index (χ2n) is 10.5. The highest BCUT2D eigenvalue weighted by Gasteiger charge is 2.38. The van der Waals surface area contributed by atoms with Gasteiger partial charge in [0.1, 0.15) is 12.3 Å². The number of amides is 3. The van der Waals surface area contributed by atoms with Gasteiger partial charge in [-0.15, -0.1) is 5.06 Å². The van der Waals surface area contributed by atoms with Gasteiger partial charge < -0.3 is 30.2 Å². The van der Waals surface area contributed by atoms with Crippen molar-refractivity contribution in [2.75, 3.05) is 32.8 Å². The van der Waals surface area contributed by atoms with E-state index in [1.807, 2.05) is 24.3 Å². The van der Waals surface area contributed by atoms with E-state index in [9.17, 15) is 29.7 Å². The van der Waals surface area contributed by atoms with E-state index in [1.54, 1.807) is 12.1 Å². The molecule has 0 aromatic heterocycles. The van der Waals surface area contributed by atoms with Crippen LogP contribution in [-0.4, -0.2) is 76.0 Å². The minimum Gasteiger partial charge on any atom is -0.508 e. The number of hydrogen-bond acceptors (Lipinski definition) is 9. The summed E-state index contributed by atoms with van der Waals surface area (Å²) < 4.78 is 5.77. The molecule has 2 aromatic rings. The number of aliphatic hydroxyl groups is 2. The van der Waals surface area contributed by atoms with E-state index in [0.29, 0.717) is 24.3 Å². The zero-order valence-electron chi connectivity index (χ0n) is 24.3. The number of benzene rings is 2. The predicted octanol–water partition coefficient (Wildman–Crippen LogP) is 3.35. The summed E-state index contributed by atoms with van der Waals surface area (Å²) in [6.07, 6.45) is 6.25. The Kier molecular flexibility index (Phi) is 13.7. The number of aliphatic hydroxyl groups excluding tert-OH is 2. The Hall–Kier alpha value is -3.51. The van der Waals surface area contributed by atoms with E-state index in [2.05, 4.69) is 5.32 Å². The normalized spacial score (nSPS) is 14.1. The molecule has 3 amide bonds. The fourth-order valence-electron chi connectivity index (χ4n) is 4.70. The number of nitrogens with zero attached hydrogens (tertiary/aromatic N) is 2. The van der Waals surface area contributed by atoms with E-state index in [4.69, 9.17) is 9.57 Å². The van der Waals surface area contributed by atoms with Gasteiger partial charge in [-0.3, -0.25) is 14.5 Å². The summed E-state index contributed by atoms with van der Waals surface area (Å²) in [4.78, 5) is 41.5. The first kappa shape index (κ1) is 33.0. The lowest BCUT2D eigenvalue weighted by atomic mass is 10.1. The van der Waals surface area contributed by atoms with E-state index in [1.165, 1.54) is 13.0 Å². The molecular formula is C31H43N3O8. The fraction of sp³-hybridized carbons (Fsp3) is 0.516. The zero-order chi connectivity index (χ0) is 30.3. The van der Waals surface area contributed by atoms with E-state index >= 15 is 0 Å². The summed E-state index contributed by atoms with van der Waals surface area (Å²) in [5, 5.41) is 33.2. The van der Waals surface area contributed by atoms with Crippen molar-refractivity contribution < 1.29 is 39.3 Å². The quantitative estimate of drug-likeness (QED) is 0.144. The number of hydroxylamine groups is 2. The molecule has 0 unspecified atom stereocenters. The summed E-state index contributed by atoms with van der Waals surface area (Å²) >= 11 is 0. The number of aromatic hydroxyl groups is 1. The topological polar surface area (TPSA) is 149 Å². The van der Waals surface area contributed by atoms with Gasteiger partial charge in [-0.1, -0.05) is 43.2 Å². The molecule has 0 aliphatic carbocycles. The number of unbranched alkanes of at least 4 members (excludes halogenated alkanes) is 4. The second-order valence-corrected chi connectivity index (χ2v) is 10.5. The standard InChI is InChI=1S/C31H43N3O8/c1-23(36)42-34-21-30(39)33(31(34)40)20-25-11-8-10-24(17-25)9-4-7-16-41-15-6-3-2-5-14-32-19-29(38)26-12-13-28(37)27(18-26)22-35/h8,10-13,17-18,29,32,35,37-38H,2-7,9,14-16,19-22H2,1H3/t29-/m0/s1. The zero-order valence-corrected chi connectivity index (χ0v) is 24.3. The Morgan fingerprint density at radius 2 is 1.74 bits per heavy atom. The first-order chi connectivity index (χ1) is 20.3. The van der Waals surface area contributed by atoms with Crippen LogP contribution in [0.2, 0.25) is 0 Å². The van der Waals surface area contributed by atoms with Crippen LogP contribution < -0.4 is 5.32 Å². The highest BCUT2D eigenvalue weighted by molar-refractivity contribution is 6.01. The third-order valence-electron chi connectivity index (χ3n) is 6.99. The highest BCUT2D eigenvalue weighted by Crippen LogP contribution is 2.22. The lowest BCUT2D eigenvalue weighted by molar-refractivity contribution is -0.171. The molecule has 1 aliphatic rings. The fourth-order valence-corrected chi connectivity index (χ4v) is 4.70. The van der Waals surface area contributed by atoms with Crippen LogP contribution in [0.1, 0.15) is 73.8 Å². The van der Waals surface area contributed by atoms with E-state index < -0.39 is 24.0 Å². The van der Waals surface area contributed by atoms with Crippen LogP contribution in [0.3, 0.4) is 0 Å². The van der Waals surface area contributed by atoms with Crippen LogP contribution in [0, 0.1) is 0 Å². The molecule has 11 heteroatoms. The number of imide groups is 1. The summed E-state index contributed by atoms with van der Waals surface area (Å²) in [6, 6.07) is 11.9. The molecule has 0 spiro atoms. The number of nitrogens with one attached hydrogen (secondary N) is 1. The van der Waals surface area contributed by atoms with Crippen LogP contribution in [0.4, 0.5) is 4.79 Å². The molecule has 11 nitrogen and oxygen atoms in total. The molecule has 2 aromatic carbocycles. The lowest BCUT2D eigenvalue weighted by Gasteiger charge is -2.16. The van der Waals surface area contributed by atoms with Gasteiger partial charge in [-0.05, 0) is 67.5 Å². The van der Waals surface area contributed by atoms with Gasteiger partial charge in [0.15, 0.2) is 0 Å². The third-order valence-corrected chi connectivity index (χ3v) is 6.99. The summed E-state index contributed by atoms with van der Waals surface area (Å²) in [5.74, 6) is -1.02. The molecule has 42 heavy (non-hydrogen) atoms. The SMILES string of the molecule is CC(=O)ON1CC(=O)N(Cc2cccc(CCCCOCCCCCCNC[C@H](O)c3ccc(O)c(CO)c3)c2)C1=O. The van der Waals surface area contributed by atoms with Crippen LogP contribution in [0.5, 0.6) is 5.75 Å². The van der Waals surface area contributed by atoms with Crippen LogP contribution >= 0.6 is 0 Å². The van der Waals surface area contributed by atoms with Gasteiger partial charge in [0.2, 0.25) is 0 Å². The van der Waals surface area contributed by atoms with Crippen molar-refractivity contribution in [3.8, 4) is 5.75 Å². The average molecular weight is 586 g/mol. The predicted molar refractivity (Wildman–Crippen MR) is 155 cm³/mol. The maximum atomic E-state index is 12.3. The molecule has 3 rings (SSSR count). The molecule has 4 N–H and O–H groups in total. The first-order valence-electron chi connectivity index (χ1n) is 14.6. The number of urea groups is 1. The highest BCUT2D eigenvalue weighted by atomic mass is 16.7. The Morgan fingerprint density at radius 1 is 1.00 bits per heavy atom. The Labute approximate surface area is 247 Å². The van der Waals surface area contributed by atoms with Crippen LogP contribution in [0.25, 0.3) is 0 Å². The maximum Gasteiger partial charge on any atom is 0.360 e. The first-order valence-corrected chi connectivity index (χ1v) is 14.6. The Morgan fingerprint density at radius 3 is 2.50 bits per heavy atom. The van der Waals surface area contributed by atoms with Gasteiger partial charge in [-0.25, -0.2) is 4.79 Å². The molecule has 1 atom stereocenters. The number of aryl methyl sites for hydroxylation is 1. The minimum atomic E-state index is -0.694. The van der Waals surface area contributed by atoms with Crippen molar-refractivity contribution in [2.24, 2.45) is 0 Å². The summed E-state index contributed by atoms with van der Waals surface area (Å²) in [5.41, 5.74) is 3.04. The van der Waals surface area contributed by atoms with Crippen LogP contribution in [-0.2, 0) is 38.7 Å². The molecule has 0 bridgehead atoms. The maximum absolute atomic E-state index is 12.3. The van der Waals surface area contributed by atoms with Gasteiger partial charge in [0.05, 0.1) is 19.3 Å². The number of phenols is 1. The molecular weight excluding hydrogens is 542 g/mol. The van der Waals surface area contributed by atoms with Crippen molar-refractivity contribution in [1.29, 1.82) is 0 Å². The van der Waals surface area contributed by atoms with Gasteiger partial charge in [-0.2, -0.15) is 0 Å². The average Bonchev–Trinajstić information content (AvgIpc) is 3.22. The number of carbonyl (C=O) groups is 3. The Balaban J connectivity index is 1.19. The molecule has 1 fully saturated rings. The lowest BCUT2D eigenvalue weighted by Crippen LogP contribution is -2.33. The van der Waals surface area contributed by atoms with Crippen LogP contribution in [0.15, 0.2) is 42.5 Å². The number of hydrogen-bond donors (Lipinski definition) is 4. The Bertz CT molecular complexity index is 1170. The summed E-state index contributed by atoms with van der Waals surface area (Å²) in [6.45, 7) is 3.44. The van der Waals surface area contributed by atoms with Crippen molar-refractivity contribution in [1.82, 2.24) is 15.3 Å². The number of rotatable bonds is 19. The van der Waals surface area contributed by atoms with E-state index in [0.717, 1.165) is 79.2 Å². The molecule has 230 valence electrons. The molecule has 0 radical (unpaired) electrons. The number of ether oxygens (including phenoxy) is 1. The van der Waals surface area contributed by atoms with Gasteiger partial charge in [0.25, 0.3) is 5.91 Å². The van der Waals surface area contributed by atoms with Crippen molar-refractivity contribution in [3.63, 3.8) is 0 Å². The monoisotopic (exact) mass is 585 g/mol. The van der Waals surface area contributed by atoms with Crippen molar-refractivity contribution >= 4 is 17.9 Å². The molecule has 1 saturated heterocycles. The smallest absolute Gasteiger partial charge is 0.360 e. The van der Waals surface area contributed by atoms with Gasteiger partial charge in [0, 0.05) is 32.2 Å². The van der Waals surface area contributed by atoms with Gasteiger partial charge >= 0.3 is 12.0 Å². The van der Waals surface area contributed by atoms with E-state index in [-0.39, 0.29) is 25.4 Å². The summed E-state index contributed by atoms with van der Waals surface area (Å²) in [7, 11) is 0. The van der Waals surface area contributed by atoms with Crippen molar-refractivity contribution in [2.45, 2.75) is 71.1 Å². The molecule has 1 aliphatic heterocycles. The largest absolute Gasteiger partial charge is 0.508 e. The number of carbonyl (C=O) groups excluding carboxylic acids is 3. The second kappa shape index (κ2) is 17.4.